The predicted octanol–water partition coefficient (Wildman–Crippen LogP) is 3.17. The van der Waals surface area contributed by atoms with Gasteiger partial charge in [-0.15, -0.1) is 0 Å². The number of anilines is 2. The molecule has 0 saturated carbocycles. The molecule has 0 aromatic heterocycles. The summed E-state index contributed by atoms with van der Waals surface area (Å²) in [6.07, 6.45) is 4.77. The molecule has 0 spiro atoms. The molecular formula is C17H27N3O. The Hall–Kier alpha value is -1.55. The highest BCUT2D eigenvalue weighted by atomic mass is 16.2. The highest BCUT2D eigenvalue weighted by Crippen LogP contribution is 2.24. The van der Waals surface area contributed by atoms with Gasteiger partial charge in [-0.3, -0.25) is 9.69 Å². The minimum Gasteiger partial charge on any atom is -0.398 e. The fourth-order valence-electron chi connectivity index (χ4n) is 3.15. The topological polar surface area (TPSA) is 58.4 Å². The SMILES string of the molecule is CCC1CCCCN1C(C)C(=O)Nc1cccc(N)c1C. The van der Waals surface area contributed by atoms with Crippen LogP contribution in [0.15, 0.2) is 18.2 Å². The van der Waals surface area contributed by atoms with Gasteiger partial charge in [-0.25, -0.2) is 0 Å². The molecule has 0 bridgehead atoms. The van der Waals surface area contributed by atoms with E-state index in [1.54, 1.807) is 0 Å². The van der Waals surface area contributed by atoms with Crippen LogP contribution >= 0.6 is 0 Å². The van der Waals surface area contributed by atoms with Crippen molar-refractivity contribution < 1.29 is 4.79 Å². The van der Waals surface area contributed by atoms with E-state index < -0.39 is 0 Å². The van der Waals surface area contributed by atoms with Crippen molar-refractivity contribution >= 4 is 17.3 Å². The summed E-state index contributed by atoms with van der Waals surface area (Å²) in [6.45, 7) is 7.16. The lowest BCUT2D eigenvalue weighted by Gasteiger charge is -2.38. The Morgan fingerprint density at radius 3 is 2.95 bits per heavy atom. The Bertz CT molecular complexity index is 501. The molecule has 2 rings (SSSR count). The summed E-state index contributed by atoms with van der Waals surface area (Å²) in [6, 6.07) is 6.06. The summed E-state index contributed by atoms with van der Waals surface area (Å²) < 4.78 is 0. The first-order valence-electron chi connectivity index (χ1n) is 7.96. The second-order valence-electron chi connectivity index (χ2n) is 5.98. The third kappa shape index (κ3) is 3.56. The Morgan fingerprint density at radius 2 is 2.24 bits per heavy atom. The van der Waals surface area contributed by atoms with E-state index in [1.165, 1.54) is 19.3 Å². The largest absolute Gasteiger partial charge is 0.398 e. The van der Waals surface area contributed by atoms with Gasteiger partial charge in [0.1, 0.15) is 0 Å². The molecule has 1 aliphatic rings. The number of piperidine rings is 1. The van der Waals surface area contributed by atoms with Gasteiger partial charge in [-0.1, -0.05) is 19.4 Å². The molecule has 1 saturated heterocycles. The first-order valence-corrected chi connectivity index (χ1v) is 7.96. The van der Waals surface area contributed by atoms with Crippen LogP contribution in [0.25, 0.3) is 0 Å². The van der Waals surface area contributed by atoms with Crippen LogP contribution in [0.4, 0.5) is 11.4 Å². The smallest absolute Gasteiger partial charge is 0.241 e. The van der Waals surface area contributed by atoms with Crippen LogP contribution in [0.5, 0.6) is 0 Å². The van der Waals surface area contributed by atoms with Crippen LogP contribution in [0.1, 0.15) is 45.1 Å². The summed E-state index contributed by atoms with van der Waals surface area (Å²) in [4.78, 5) is 14.9. The van der Waals surface area contributed by atoms with E-state index in [1.807, 2.05) is 32.0 Å². The molecule has 1 fully saturated rings. The fourth-order valence-corrected chi connectivity index (χ4v) is 3.15. The highest BCUT2D eigenvalue weighted by Gasteiger charge is 2.29. The lowest BCUT2D eigenvalue weighted by molar-refractivity contribution is -0.122. The summed E-state index contributed by atoms with van der Waals surface area (Å²) in [7, 11) is 0. The van der Waals surface area contributed by atoms with Crippen LogP contribution in [0.3, 0.4) is 0 Å². The van der Waals surface area contributed by atoms with Crippen molar-refractivity contribution in [3.8, 4) is 0 Å². The molecule has 4 nitrogen and oxygen atoms in total. The van der Waals surface area contributed by atoms with E-state index in [0.29, 0.717) is 11.7 Å². The zero-order chi connectivity index (χ0) is 15.4. The van der Waals surface area contributed by atoms with Crippen LogP contribution in [0.2, 0.25) is 0 Å². The van der Waals surface area contributed by atoms with Crippen molar-refractivity contribution in [2.24, 2.45) is 0 Å². The number of nitrogens with two attached hydrogens (primary N) is 1. The summed E-state index contributed by atoms with van der Waals surface area (Å²) in [5.41, 5.74) is 8.36. The lowest BCUT2D eigenvalue weighted by atomic mass is 9.98. The van der Waals surface area contributed by atoms with Gasteiger partial charge >= 0.3 is 0 Å². The Labute approximate surface area is 127 Å². The summed E-state index contributed by atoms with van der Waals surface area (Å²) in [5, 5.41) is 3.03. The minimum absolute atomic E-state index is 0.0593. The second kappa shape index (κ2) is 6.94. The number of rotatable bonds is 4. The number of carbonyl (C=O) groups is 1. The predicted molar refractivity (Wildman–Crippen MR) is 88.3 cm³/mol. The third-order valence-electron chi connectivity index (χ3n) is 4.65. The van der Waals surface area contributed by atoms with Crippen LogP contribution in [0, 0.1) is 6.92 Å². The van der Waals surface area contributed by atoms with Crippen molar-refractivity contribution in [1.29, 1.82) is 0 Å². The van der Waals surface area contributed by atoms with Crippen molar-refractivity contribution in [3.05, 3.63) is 23.8 Å². The zero-order valence-electron chi connectivity index (χ0n) is 13.4. The molecule has 0 aliphatic carbocycles. The number of benzene rings is 1. The van der Waals surface area contributed by atoms with Crippen molar-refractivity contribution in [3.63, 3.8) is 0 Å². The van der Waals surface area contributed by atoms with Crippen molar-refractivity contribution in [1.82, 2.24) is 4.90 Å². The maximum atomic E-state index is 12.5. The number of nitrogen functional groups attached to an aromatic ring is 1. The van der Waals surface area contributed by atoms with E-state index in [2.05, 4.69) is 17.1 Å². The quantitative estimate of drug-likeness (QED) is 0.837. The maximum absolute atomic E-state index is 12.5. The molecule has 1 heterocycles. The number of hydrogen-bond donors (Lipinski definition) is 2. The van der Waals surface area contributed by atoms with Gasteiger partial charge in [0.05, 0.1) is 6.04 Å². The minimum atomic E-state index is -0.101. The molecule has 2 unspecified atom stereocenters. The van der Waals surface area contributed by atoms with E-state index >= 15 is 0 Å². The molecule has 21 heavy (non-hydrogen) atoms. The molecule has 1 aromatic rings. The summed E-state index contributed by atoms with van der Waals surface area (Å²) in [5.74, 6) is 0.0593. The first kappa shape index (κ1) is 15.8. The zero-order valence-corrected chi connectivity index (χ0v) is 13.4. The lowest BCUT2D eigenvalue weighted by Crippen LogP contribution is -2.49. The molecule has 1 aliphatic heterocycles. The molecular weight excluding hydrogens is 262 g/mol. The third-order valence-corrected chi connectivity index (χ3v) is 4.65. The van der Waals surface area contributed by atoms with Gasteiger partial charge in [0.15, 0.2) is 0 Å². The van der Waals surface area contributed by atoms with Crippen LogP contribution in [-0.4, -0.2) is 29.4 Å². The fraction of sp³-hybridized carbons (Fsp3) is 0.588. The number of amides is 1. The molecule has 116 valence electrons. The number of carbonyl (C=O) groups excluding carboxylic acids is 1. The molecule has 2 atom stereocenters. The maximum Gasteiger partial charge on any atom is 0.241 e. The average molecular weight is 289 g/mol. The van der Waals surface area contributed by atoms with Gasteiger partial charge < -0.3 is 11.1 Å². The van der Waals surface area contributed by atoms with E-state index in [9.17, 15) is 4.79 Å². The Kier molecular flexibility index (Phi) is 5.23. The number of hydrogen-bond acceptors (Lipinski definition) is 3. The monoisotopic (exact) mass is 289 g/mol. The van der Waals surface area contributed by atoms with Gasteiger partial charge in [0, 0.05) is 17.4 Å². The van der Waals surface area contributed by atoms with E-state index in [4.69, 9.17) is 5.73 Å². The Morgan fingerprint density at radius 1 is 1.48 bits per heavy atom. The Balaban J connectivity index is 2.06. The van der Waals surface area contributed by atoms with E-state index in [-0.39, 0.29) is 11.9 Å². The number of nitrogens with zero attached hydrogens (tertiary/aromatic N) is 1. The standard InChI is InChI=1S/C17H27N3O/c1-4-14-8-5-6-11-20(14)13(3)17(21)19-16-10-7-9-15(18)12(16)2/h7,9-10,13-14H,4-6,8,11,18H2,1-3H3,(H,19,21). The van der Waals surface area contributed by atoms with Gasteiger partial charge in [0.2, 0.25) is 5.91 Å². The number of likely N-dealkylation sites (tertiary alicyclic amines) is 1. The molecule has 0 radical (unpaired) electrons. The van der Waals surface area contributed by atoms with Gasteiger partial charge in [-0.2, -0.15) is 0 Å². The van der Waals surface area contributed by atoms with Crippen molar-refractivity contribution in [2.45, 2.75) is 58.5 Å². The molecule has 1 amide bonds. The molecule has 4 heteroatoms. The first-order chi connectivity index (χ1) is 10.0. The van der Waals surface area contributed by atoms with Gasteiger partial charge in [-0.05, 0) is 57.4 Å². The number of nitrogens with one attached hydrogen (secondary N) is 1. The second-order valence-corrected chi connectivity index (χ2v) is 5.98. The van der Waals surface area contributed by atoms with Crippen LogP contribution in [-0.2, 0) is 4.79 Å². The van der Waals surface area contributed by atoms with Crippen LogP contribution < -0.4 is 11.1 Å². The van der Waals surface area contributed by atoms with Gasteiger partial charge in [0.25, 0.3) is 0 Å². The normalized spacial score (nSPS) is 21.0. The van der Waals surface area contributed by atoms with Crippen molar-refractivity contribution in [2.75, 3.05) is 17.6 Å². The molecule has 3 N–H and O–H groups in total. The van der Waals surface area contributed by atoms with E-state index in [0.717, 1.165) is 24.2 Å². The molecule has 1 aromatic carbocycles. The highest BCUT2D eigenvalue weighted by molar-refractivity contribution is 5.95. The summed E-state index contributed by atoms with van der Waals surface area (Å²) >= 11 is 0. The average Bonchev–Trinajstić information content (AvgIpc) is 2.51.